The van der Waals surface area contributed by atoms with Crippen LogP contribution in [0, 0.1) is 0 Å². The monoisotopic (exact) mass is 330 g/mol. The molecule has 0 bridgehead atoms. The van der Waals surface area contributed by atoms with Crippen LogP contribution in [0.25, 0.3) is 0 Å². The standard InChI is InChI=1S/C6H6Cl6.Ca.2H/c7-1-2(8)4(10)6(12)5(11)3(1)9;;;/h1-6H;;;/t1-,2-,3-,4+,5+,6+;;;. The van der Waals surface area contributed by atoms with Crippen LogP contribution < -0.4 is 0 Å². The summed E-state index contributed by atoms with van der Waals surface area (Å²) in [5.74, 6) is 0. The van der Waals surface area contributed by atoms with Gasteiger partial charge in [-0.2, -0.15) is 0 Å². The Labute approximate surface area is 137 Å². The van der Waals surface area contributed by atoms with Crippen molar-refractivity contribution in [2.24, 2.45) is 0 Å². The fourth-order valence-corrected chi connectivity index (χ4v) is 3.38. The van der Waals surface area contributed by atoms with Gasteiger partial charge in [0.2, 0.25) is 0 Å². The van der Waals surface area contributed by atoms with E-state index in [1.165, 1.54) is 0 Å². The van der Waals surface area contributed by atoms with Gasteiger partial charge in [0.05, 0.1) is 32.3 Å². The zero-order valence-corrected chi connectivity index (χ0v) is 10.3. The summed E-state index contributed by atoms with van der Waals surface area (Å²) in [6, 6.07) is 0. The van der Waals surface area contributed by atoms with E-state index in [-0.39, 0.29) is 37.7 Å². The molecule has 0 unspecified atom stereocenters. The van der Waals surface area contributed by atoms with Crippen LogP contribution in [0.5, 0.6) is 0 Å². The topological polar surface area (TPSA) is 0 Å². The molecule has 0 aliphatic heterocycles. The summed E-state index contributed by atoms with van der Waals surface area (Å²) in [4.78, 5) is 0. The summed E-state index contributed by atoms with van der Waals surface area (Å²) >= 11 is 35.3. The number of hydrogen-bond donors (Lipinski definition) is 0. The van der Waals surface area contributed by atoms with Crippen molar-refractivity contribution in [3.63, 3.8) is 0 Å². The SMILES string of the molecule is Cl[C@H]1[C@H](Cl)[C@@H](Cl)[C@@H](Cl)[C@H](Cl)[C@H]1Cl.[CaH2]. The van der Waals surface area contributed by atoms with Crippen LogP contribution in [0.1, 0.15) is 0 Å². The number of hydrogen-bond acceptors (Lipinski definition) is 0. The molecule has 0 aromatic rings. The van der Waals surface area contributed by atoms with Gasteiger partial charge in [0, 0.05) is 0 Å². The van der Waals surface area contributed by atoms with Crippen molar-refractivity contribution < 1.29 is 0 Å². The number of rotatable bonds is 0. The molecule has 0 amide bonds. The van der Waals surface area contributed by atoms with Crippen LogP contribution in [0.15, 0.2) is 0 Å². The number of alkyl halides is 6. The van der Waals surface area contributed by atoms with Crippen molar-refractivity contribution >= 4 is 107 Å². The summed E-state index contributed by atoms with van der Waals surface area (Å²) in [6.45, 7) is 0. The maximum atomic E-state index is 5.88. The first-order valence-electron chi connectivity index (χ1n) is 3.31. The molecule has 76 valence electrons. The normalized spacial score (nSPS) is 51.2. The van der Waals surface area contributed by atoms with Crippen molar-refractivity contribution in [1.82, 2.24) is 0 Å². The van der Waals surface area contributed by atoms with Gasteiger partial charge in [0.25, 0.3) is 0 Å². The average Bonchev–Trinajstić information content (AvgIpc) is 2.08. The second kappa shape index (κ2) is 6.67. The third-order valence-corrected chi connectivity index (χ3v) is 5.86. The third-order valence-electron chi connectivity index (χ3n) is 1.83. The third kappa shape index (κ3) is 3.48. The molecular formula is C6H8CaCl6. The number of halogens is 6. The van der Waals surface area contributed by atoms with Gasteiger partial charge in [-0.3, -0.25) is 0 Å². The molecular weight excluding hydrogens is 325 g/mol. The second-order valence-electron chi connectivity index (χ2n) is 2.67. The van der Waals surface area contributed by atoms with Gasteiger partial charge in [0.15, 0.2) is 0 Å². The minimum atomic E-state index is -0.437. The van der Waals surface area contributed by atoms with Crippen molar-refractivity contribution in [1.29, 1.82) is 0 Å². The molecule has 0 saturated heterocycles. The predicted molar refractivity (Wildman–Crippen MR) is 66.4 cm³/mol. The van der Waals surface area contributed by atoms with Crippen molar-refractivity contribution in [3.05, 3.63) is 0 Å². The molecule has 7 heteroatoms. The van der Waals surface area contributed by atoms with Gasteiger partial charge in [-0.05, 0) is 0 Å². The Morgan fingerprint density at radius 3 is 0.538 bits per heavy atom. The molecule has 1 saturated carbocycles. The van der Waals surface area contributed by atoms with E-state index in [1.807, 2.05) is 0 Å². The first-order chi connectivity index (χ1) is 5.46. The molecule has 0 atom stereocenters. The van der Waals surface area contributed by atoms with E-state index in [9.17, 15) is 0 Å². The summed E-state index contributed by atoms with van der Waals surface area (Å²) in [5.41, 5.74) is 0. The van der Waals surface area contributed by atoms with Gasteiger partial charge < -0.3 is 0 Å². The molecule has 0 radical (unpaired) electrons. The first kappa shape index (κ1) is 16.0. The average molecular weight is 333 g/mol. The van der Waals surface area contributed by atoms with E-state index < -0.39 is 32.3 Å². The Kier molecular flexibility index (Phi) is 8.20. The van der Waals surface area contributed by atoms with Gasteiger partial charge in [-0.1, -0.05) is 0 Å². The Balaban J connectivity index is 0.00000144. The summed E-state index contributed by atoms with van der Waals surface area (Å²) < 4.78 is 0. The zero-order chi connectivity index (χ0) is 9.46. The van der Waals surface area contributed by atoms with Crippen LogP contribution in [0.2, 0.25) is 0 Å². The van der Waals surface area contributed by atoms with Crippen LogP contribution in [-0.4, -0.2) is 70.0 Å². The molecule has 1 aliphatic rings. The van der Waals surface area contributed by atoms with Gasteiger partial charge in [-0.15, -0.1) is 69.6 Å². The zero-order valence-electron chi connectivity index (χ0n) is 5.73. The van der Waals surface area contributed by atoms with E-state index in [2.05, 4.69) is 0 Å². The van der Waals surface area contributed by atoms with Crippen LogP contribution in [-0.2, 0) is 0 Å². The second-order valence-corrected chi connectivity index (χ2v) is 5.69. The Morgan fingerprint density at radius 2 is 0.462 bits per heavy atom. The minimum absolute atomic E-state index is 0. The Bertz CT molecular complexity index is 109. The van der Waals surface area contributed by atoms with E-state index in [0.717, 1.165) is 0 Å². The molecule has 1 fully saturated rings. The Hall–Kier alpha value is 3.00. The quantitative estimate of drug-likeness (QED) is 0.472. The van der Waals surface area contributed by atoms with E-state index in [0.29, 0.717) is 0 Å². The van der Waals surface area contributed by atoms with Gasteiger partial charge in [-0.25, -0.2) is 0 Å². The van der Waals surface area contributed by atoms with Gasteiger partial charge >= 0.3 is 37.7 Å². The molecule has 1 aliphatic carbocycles. The molecule has 0 N–H and O–H groups in total. The summed E-state index contributed by atoms with van der Waals surface area (Å²) in [6.07, 6.45) is 0. The van der Waals surface area contributed by atoms with Crippen molar-refractivity contribution in [2.45, 2.75) is 32.3 Å². The molecule has 0 nitrogen and oxygen atoms in total. The summed E-state index contributed by atoms with van der Waals surface area (Å²) in [5, 5.41) is -2.62. The van der Waals surface area contributed by atoms with Crippen molar-refractivity contribution in [3.8, 4) is 0 Å². The Morgan fingerprint density at radius 1 is 0.385 bits per heavy atom. The molecule has 0 heterocycles. The first-order valence-corrected chi connectivity index (χ1v) is 5.93. The van der Waals surface area contributed by atoms with Gasteiger partial charge in [0.1, 0.15) is 0 Å². The molecule has 0 aromatic heterocycles. The van der Waals surface area contributed by atoms with E-state index >= 15 is 0 Å². The van der Waals surface area contributed by atoms with Crippen molar-refractivity contribution in [2.75, 3.05) is 0 Å². The fourth-order valence-electron chi connectivity index (χ4n) is 1.05. The predicted octanol–water partition coefficient (Wildman–Crippen LogP) is 2.73. The molecule has 1 rings (SSSR count). The fraction of sp³-hybridized carbons (Fsp3) is 1.00. The molecule has 13 heavy (non-hydrogen) atoms. The van der Waals surface area contributed by atoms with E-state index in [4.69, 9.17) is 69.6 Å². The van der Waals surface area contributed by atoms with Crippen LogP contribution in [0.3, 0.4) is 0 Å². The molecule has 0 spiro atoms. The maximum absolute atomic E-state index is 5.88. The summed E-state index contributed by atoms with van der Waals surface area (Å²) in [7, 11) is 0. The van der Waals surface area contributed by atoms with E-state index in [1.54, 1.807) is 0 Å². The molecule has 0 aromatic carbocycles. The van der Waals surface area contributed by atoms with Crippen LogP contribution >= 0.6 is 69.6 Å². The van der Waals surface area contributed by atoms with Crippen LogP contribution in [0.4, 0.5) is 0 Å².